The van der Waals surface area contributed by atoms with E-state index < -0.39 is 6.09 Å². The number of fused-ring (bicyclic) bond motifs is 2. The number of allylic oxidation sites excluding steroid dienone is 1. The van der Waals surface area contributed by atoms with Crippen LogP contribution in [0.2, 0.25) is 0 Å². The molecule has 40 heavy (non-hydrogen) atoms. The maximum Gasteiger partial charge on any atom is 0.411 e. The Bertz CT molecular complexity index is 1570. The van der Waals surface area contributed by atoms with Crippen molar-refractivity contribution in [2.75, 3.05) is 26.0 Å². The number of aromatic nitrogens is 1. The van der Waals surface area contributed by atoms with Crippen LogP contribution >= 0.6 is 0 Å². The monoisotopic (exact) mass is 539 g/mol. The Balaban J connectivity index is 1.66. The van der Waals surface area contributed by atoms with Crippen LogP contribution in [0, 0.1) is 0 Å². The van der Waals surface area contributed by atoms with Crippen LogP contribution in [0.4, 0.5) is 10.5 Å². The third-order valence-corrected chi connectivity index (χ3v) is 6.70. The number of aliphatic imine (C=N–C) groups is 1. The fraction of sp³-hybridized carbons (Fsp3) is 0.200. The van der Waals surface area contributed by atoms with Crippen LogP contribution < -0.4 is 5.32 Å². The zero-order valence-corrected chi connectivity index (χ0v) is 22.4. The first kappa shape index (κ1) is 26.5. The number of nitrogens with one attached hydrogen (secondary N) is 1. The van der Waals surface area contributed by atoms with E-state index in [0.717, 1.165) is 16.7 Å². The number of anilines is 1. The molecule has 0 bridgehead atoms. The number of carbonyl (C=O) groups is 2. The second kappa shape index (κ2) is 11.3. The number of oxazole rings is 1. The van der Waals surface area contributed by atoms with Crippen LogP contribution in [0.25, 0.3) is 16.8 Å². The maximum atomic E-state index is 12.2. The summed E-state index contributed by atoms with van der Waals surface area (Å²) >= 11 is 0. The minimum atomic E-state index is -0.571. The number of guanidine groups is 1. The summed E-state index contributed by atoms with van der Waals surface area (Å²) in [5.41, 5.74) is 4.85. The normalized spacial score (nSPS) is 15.7. The van der Waals surface area contributed by atoms with Gasteiger partial charge in [0.25, 0.3) is 0 Å². The summed E-state index contributed by atoms with van der Waals surface area (Å²) in [6, 6.07) is 22.5. The fourth-order valence-corrected chi connectivity index (χ4v) is 4.82. The third-order valence-electron chi connectivity index (χ3n) is 6.70. The van der Waals surface area contributed by atoms with Crippen molar-refractivity contribution < 1.29 is 23.8 Å². The summed E-state index contributed by atoms with van der Waals surface area (Å²) in [7, 11) is 2.92. The Morgan fingerprint density at radius 1 is 1.18 bits per heavy atom. The molecule has 3 aromatic carbocycles. The molecule has 1 aliphatic heterocycles. The second-order valence-electron chi connectivity index (χ2n) is 9.34. The predicted octanol–water partition coefficient (Wildman–Crippen LogP) is 5.34. The molecular formula is C30H29N5O5. The van der Waals surface area contributed by atoms with E-state index in [1.807, 2.05) is 71.6 Å². The van der Waals surface area contributed by atoms with Crippen molar-refractivity contribution in [1.82, 2.24) is 14.8 Å². The van der Waals surface area contributed by atoms with Crippen molar-refractivity contribution in [1.29, 1.82) is 0 Å². The number of hydrogen-bond acceptors (Lipinski definition) is 7. The van der Waals surface area contributed by atoms with Gasteiger partial charge in [0.1, 0.15) is 11.3 Å². The molecule has 0 spiro atoms. The molecule has 2 N–H and O–H groups in total. The topological polar surface area (TPSA) is 120 Å². The largest absolute Gasteiger partial charge is 0.510 e. The quantitative estimate of drug-likeness (QED) is 0.152. The Hall–Kier alpha value is -5.12. The lowest BCUT2D eigenvalue weighted by Gasteiger charge is -2.41. The third kappa shape index (κ3) is 5.24. The molecule has 0 fully saturated rings. The van der Waals surface area contributed by atoms with Crippen molar-refractivity contribution in [3.63, 3.8) is 0 Å². The Kier molecular flexibility index (Phi) is 7.50. The van der Waals surface area contributed by atoms with E-state index in [-0.39, 0.29) is 23.4 Å². The first-order valence-corrected chi connectivity index (χ1v) is 12.7. The minimum Gasteiger partial charge on any atom is -0.510 e. The Morgan fingerprint density at radius 3 is 2.62 bits per heavy atom. The van der Waals surface area contributed by atoms with E-state index in [9.17, 15) is 14.7 Å². The van der Waals surface area contributed by atoms with E-state index in [4.69, 9.17) is 14.1 Å². The molecule has 2 amide bonds. The molecule has 2 heterocycles. The zero-order chi connectivity index (χ0) is 28.2. The van der Waals surface area contributed by atoms with Gasteiger partial charge in [-0.05, 0) is 54.3 Å². The van der Waals surface area contributed by atoms with Gasteiger partial charge in [0, 0.05) is 19.3 Å². The number of para-hydroxylation sites is 2. The number of aliphatic hydroxyl groups excluding tert-OH is 1. The summed E-state index contributed by atoms with van der Waals surface area (Å²) in [6.07, 6.45) is 0.753. The zero-order valence-electron chi connectivity index (χ0n) is 22.4. The number of hydrogen-bond donors (Lipinski definition) is 2. The molecule has 0 radical (unpaired) electrons. The van der Waals surface area contributed by atoms with Crippen LogP contribution in [0.5, 0.6) is 0 Å². The first-order chi connectivity index (χ1) is 19.4. The van der Waals surface area contributed by atoms with Crippen molar-refractivity contribution >= 4 is 40.9 Å². The maximum absolute atomic E-state index is 12.2. The molecule has 0 aliphatic carbocycles. The van der Waals surface area contributed by atoms with Crippen molar-refractivity contribution in [3.05, 3.63) is 101 Å². The number of carbonyl (C=O) groups excluding carboxylic acids is 2. The molecule has 10 heteroatoms. The van der Waals surface area contributed by atoms with Crippen LogP contribution in [0.15, 0.2) is 88.0 Å². The second-order valence-corrected chi connectivity index (χ2v) is 9.34. The summed E-state index contributed by atoms with van der Waals surface area (Å²) in [4.78, 5) is 36.8. The van der Waals surface area contributed by atoms with Gasteiger partial charge < -0.3 is 19.2 Å². The molecular weight excluding hydrogens is 510 g/mol. The minimum absolute atomic E-state index is 0.110. The SMILES string of the molecule is COC(=O)Nc1ccc2c(c1)C(c1ccccc1)N(C(=N/C(=C(\C)O)c1nc3ccccc3o1)N(C)C=O)CC2. The number of methoxy groups -OCH3 is 1. The van der Waals surface area contributed by atoms with Gasteiger partial charge in [-0.15, -0.1) is 0 Å². The molecule has 10 nitrogen and oxygen atoms in total. The smallest absolute Gasteiger partial charge is 0.411 e. The van der Waals surface area contributed by atoms with Gasteiger partial charge >= 0.3 is 6.09 Å². The van der Waals surface area contributed by atoms with Crippen molar-refractivity contribution in [3.8, 4) is 0 Å². The molecule has 4 aromatic rings. The number of ether oxygens (including phenoxy) is 1. The van der Waals surface area contributed by atoms with E-state index in [0.29, 0.717) is 42.1 Å². The van der Waals surface area contributed by atoms with Gasteiger partial charge in [-0.3, -0.25) is 15.0 Å². The summed E-state index contributed by atoms with van der Waals surface area (Å²) in [5, 5.41) is 13.4. The molecule has 0 saturated carbocycles. The molecule has 204 valence electrons. The first-order valence-electron chi connectivity index (χ1n) is 12.7. The number of nitrogens with zero attached hydrogens (tertiary/aromatic N) is 4. The van der Waals surface area contributed by atoms with Crippen LogP contribution in [-0.2, 0) is 16.0 Å². The number of aliphatic hydroxyl groups is 1. The van der Waals surface area contributed by atoms with E-state index >= 15 is 0 Å². The average molecular weight is 540 g/mol. The van der Waals surface area contributed by atoms with E-state index in [1.54, 1.807) is 13.1 Å². The standard InChI is InChI=1S/C30H29N5O5/c1-19(37)26(28-32-24-11-7-8-12-25(24)40-28)33-29(34(2)18-36)35-16-15-20-13-14-22(31-30(38)39-3)17-23(20)27(35)21-9-5-4-6-10-21/h4-14,17-18,27,37H,15-16H2,1-3H3,(H,31,38)/b26-19+,33-29?. The molecule has 1 aliphatic rings. The molecule has 5 rings (SSSR count). The van der Waals surface area contributed by atoms with Gasteiger partial charge in [-0.25, -0.2) is 14.8 Å². The highest BCUT2D eigenvalue weighted by molar-refractivity contribution is 5.93. The van der Waals surface area contributed by atoms with Crippen LogP contribution in [0.1, 0.15) is 35.5 Å². The van der Waals surface area contributed by atoms with Gasteiger partial charge in [0.2, 0.25) is 18.3 Å². The highest BCUT2D eigenvalue weighted by Gasteiger charge is 2.33. The summed E-state index contributed by atoms with van der Waals surface area (Å²) in [6.45, 7) is 2.02. The lowest BCUT2D eigenvalue weighted by molar-refractivity contribution is -0.114. The van der Waals surface area contributed by atoms with Crippen molar-refractivity contribution in [2.45, 2.75) is 19.4 Å². The molecule has 1 aromatic heterocycles. The lowest BCUT2D eigenvalue weighted by Crippen LogP contribution is -2.47. The summed E-state index contributed by atoms with van der Waals surface area (Å²) in [5.74, 6) is 0.323. The average Bonchev–Trinajstić information content (AvgIpc) is 3.40. The van der Waals surface area contributed by atoms with Gasteiger partial charge in [0.15, 0.2) is 11.3 Å². The number of amides is 2. The van der Waals surface area contributed by atoms with Crippen molar-refractivity contribution in [2.24, 2.45) is 4.99 Å². The number of rotatable bonds is 5. The van der Waals surface area contributed by atoms with Crippen LogP contribution in [-0.4, -0.2) is 59.1 Å². The van der Waals surface area contributed by atoms with Gasteiger partial charge in [-0.2, -0.15) is 0 Å². The van der Waals surface area contributed by atoms with E-state index in [1.165, 1.54) is 18.9 Å². The Morgan fingerprint density at radius 2 is 1.93 bits per heavy atom. The summed E-state index contributed by atoms with van der Waals surface area (Å²) < 4.78 is 10.7. The highest BCUT2D eigenvalue weighted by Crippen LogP contribution is 2.38. The lowest BCUT2D eigenvalue weighted by atomic mass is 9.88. The number of benzene rings is 3. The van der Waals surface area contributed by atoms with Gasteiger partial charge in [-0.1, -0.05) is 48.5 Å². The molecule has 0 saturated heterocycles. The predicted molar refractivity (Wildman–Crippen MR) is 152 cm³/mol. The highest BCUT2D eigenvalue weighted by atomic mass is 16.5. The molecule has 1 unspecified atom stereocenters. The van der Waals surface area contributed by atoms with E-state index in [2.05, 4.69) is 10.3 Å². The van der Waals surface area contributed by atoms with Crippen LogP contribution in [0.3, 0.4) is 0 Å². The van der Waals surface area contributed by atoms with Gasteiger partial charge in [0.05, 0.1) is 13.2 Å². The molecule has 1 atom stereocenters. The fourth-order valence-electron chi connectivity index (χ4n) is 4.82. The Labute approximate surface area is 231 Å².